The molecule has 8 aromatic carbocycles. The molecule has 13 rings (SSSR count). The maximum atomic E-state index is 6.48. The van der Waals surface area contributed by atoms with Crippen LogP contribution in [-0.2, 0) is 0 Å². The van der Waals surface area contributed by atoms with Crippen LogP contribution in [0.5, 0.6) is 0 Å². The van der Waals surface area contributed by atoms with Gasteiger partial charge in [-0.2, -0.15) is 0 Å². The van der Waals surface area contributed by atoms with E-state index in [0.29, 0.717) is 0 Å². The zero-order chi connectivity index (χ0) is 34.4. The van der Waals surface area contributed by atoms with Crippen LogP contribution in [0, 0.1) is 0 Å². The molecule has 0 aliphatic carbocycles. The highest BCUT2D eigenvalue weighted by atomic mass is 16.4. The highest BCUT2D eigenvalue weighted by Gasteiger charge is 2.19. The average Bonchev–Trinajstić information content (AvgIpc) is 4.02. The van der Waals surface area contributed by atoms with Crippen molar-refractivity contribution in [3.63, 3.8) is 0 Å². The molecule has 0 bridgehead atoms. The number of hydrogen-bond acceptors (Lipinski definition) is 5. The normalized spacial score (nSPS) is 12.5. The largest absolute Gasteiger partial charge is 0.456 e. The molecule has 5 nitrogen and oxygen atoms in total. The van der Waals surface area contributed by atoms with Crippen molar-refractivity contribution in [1.82, 2.24) is 0 Å². The number of rotatable bonds is 2. The molecule has 13 aromatic rings. The number of para-hydroxylation sites is 2. The SMILES string of the molecule is c1ccc2c(c1)oc1c2ccc2c3cc(-c4ccc5oc6ccc(-c7ccc8oc9c(ccc%10oc%11ccccc%11c%109)c8c7)cc6c5c4)ccc3oc21. The Morgan fingerprint density at radius 1 is 0.226 bits per heavy atom. The fourth-order valence-electron chi connectivity index (χ4n) is 8.56. The van der Waals surface area contributed by atoms with Crippen molar-refractivity contribution in [2.45, 2.75) is 0 Å². The molecule has 246 valence electrons. The lowest BCUT2D eigenvalue weighted by Crippen LogP contribution is -1.79. The summed E-state index contributed by atoms with van der Waals surface area (Å²) < 4.78 is 31.7. The van der Waals surface area contributed by atoms with Crippen molar-refractivity contribution in [2.75, 3.05) is 0 Å². The van der Waals surface area contributed by atoms with E-state index in [0.717, 1.165) is 132 Å². The van der Waals surface area contributed by atoms with Crippen LogP contribution in [0.2, 0.25) is 0 Å². The summed E-state index contributed by atoms with van der Waals surface area (Å²) in [5.74, 6) is 0. The maximum Gasteiger partial charge on any atom is 0.178 e. The molecule has 0 fully saturated rings. The van der Waals surface area contributed by atoms with Gasteiger partial charge < -0.3 is 22.1 Å². The molecule has 5 heterocycles. The van der Waals surface area contributed by atoms with Gasteiger partial charge in [0.15, 0.2) is 11.2 Å². The van der Waals surface area contributed by atoms with Crippen molar-refractivity contribution in [3.05, 3.63) is 146 Å². The van der Waals surface area contributed by atoms with Crippen molar-refractivity contribution < 1.29 is 22.1 Å². The monoisotopic (exact) mass is 680 g/mol. The molecular weight excluding hydrogens is 657 g/mol. The molecule has 0 unspecified atom stereocenters. The van der Waals surface area contributed by atoms with Gasteiger partial charge in [-0.25, -0.2) is 0 Å². The summed E-state index contributed by atoms with van der Waals surface area (Å²) in [5, 5.41) is 10.6. The minimum Gasteiger partial charge on any atom is -0.456 e. The third kappa shape index (κ3) is 3.70. The highest BCUT2D eigenvalue weighted by Crippen LogP contribution is 2.43. The molecule has 0 spiro atoms. The van der Waals surface area contributed by atoms with Crippen LogP contribution in [0.1, 0.15) is 0 Å². The minimum absolute atomic E-state index is 0.777. The predicted molar refractivity (Wildman–Crippen MR) is 214 cm³/mol. The van der Waals surface area contributed by atoms with E-state index >= 15 is 0 Å². The molecule has 0 aliphatic rings. The van der Waals surface area contributed by atoms with Crippen LogP contribution >= 0.6 is 0 Å². The van der Waals surface area contributed by atoms with Crippen LogP contribution < -0.4 is 0 Å². The van der Waals surface area contributed by atoms with E-state index in [2.05, 4.69) is 103 Å². The zero-order valence-corrected chi connectivity index (χ0v) is 27.9. The molecule has 5 heteroatoms. The van der Waals surface area contributed by atoms with Crippen molar-refractivity contribution in [1.29, 1.82) is 0 Å². The van der Waals surface area contributed by atoms with E-state index < -0.39 is 0 Å². The summed E-state index contributed by atoms with van der Waals surface area (Å²) in [7, 11) is 0. The fraction of sp³-hybridized carbons (Fsp3) is 0. The molecule has 0 atom stereocenters. The summed E-state index contributed by atoms with van der Waals surface area (Å²) in [6.07, 6.45) is 0. The Balaban J connectivity index is 0.935. The average molecular weight is 681 g/mol. The minimum atomic E-state index is 0.777. The van der Waals surface area contributed by atoms with Crippen molar-refractivity contribution in [2.24, 2.45) is 0 Å². The third-order valence-corrected chi connectivity index (χ3v) is 11.1. The van der Waals surface area contributed by atoms with Gasteiger partial charge in [-0.1, -0.05) is 60.7 Å². The lowest BCUT2D eigenvalue weighted by molar-refractivity contribution is 0.633. The number of hydrogen-bond donors (Lipinski definition) is 0. The van der Waals surface area contributed by atoms with Gasteiger partial charge in [0.05, 0.1) is 5.39 Å². The Hall–Kier alpha value is -7.24. The van der Waals surface area contributed by atoms with Gasteiger partial charge in [0.2, 0.25) is 0 Å². The molecular formula is C48H24O5. The lowest BCUT2D eigenvalue weighted by atomic mass is 9.98. The Bertz CT molecular complexity index is 3690. The van der Waals surface area contributed by atoms with Gasteiger partial charge in [0, 0.05) is 48.5 Å². The van der Waals surface area contributed by atoms with Crippen LogP contribution in [0.15, 0.2) is 168 Å². The van der Waals surface area contributed by atoms with Gasteiger partial charge in [0.25, 0.3) is 0 Å². The summed E-state index contributed by atoms with van der Waals surface area (Å²) in [5.41, 5.74) is 12.8. The quantitative estimate of drug-likeness (QED) is 0.182. The predicted octanol–water partition coefficient (Wildman–Crippen LogP) is 14.5. The molecule has 0 saturated carbocycles. The van der Waals surface area contributed by atoms with Crippen LogP contribution in [-0.4, -0.2) is 0 Å². The van der Waals surface area contributed by atoms with Crippen molar-refractivity contribution >= 4 is 110 Å². The summed E-state index contributed by atoms with van der Waals surface area (Å²) in [6, 6.07) is 50.4. The van der Waals surface area contributed by atoms with E-state index in [1.165, 1.54) is 0 Å². The van der Waals surface area contributed by atoms with E-state index in [1.54, 1.807) is 0 Å². The van der Waals surface area contributed by atoms with Crippen LogP contribution in [0.3, 0.4) is 0 Å². The maximum absolute atomic E-state index is 6.48. The van der Waals surface area contributed by atoms with Gasteiger partial charge >= 0.3 is 0 Å². The molecule has 0 aliphatic heterocycles. The lowest BCUT2D eigenvalue weighted by Gasteiger charge is -2.04. The second-order valence-electron chi connectivity index (χ2n) is 14.0. The Morgan fingerprint density at radius 3 is 1.17 bits per heavy atom. The van der Waals surface area contributed by atoms with E-state index in [4.69, 9.17) is 22.1 Å². The van der Waals surface area contributed by atoms with E-state index in [1.807, 2.05) is 42.5 Å². The second-order valence-corrected chi connectivity index (χ2v) is 14.0. The highest BCUT2D eigenvalue weighted by molar-refractivity contribution is 6.23. The molecule has 0 amide bonds. The number of furan rings is 5. The van der Waals surface area contributed by atoms with Gasteiger partial charge in [0.1, 0.15) is 44.7 Å². The molecule has 0 N–H and O–H groups in total. The van der Waals surface area contributed by atoms with Gasteiger partial charge in [-0.05, 0) is 107 Å². The first-order valence-electron chi connectivity index (χ1n) is 17.7. The second kappa shape index (κ2) is 9.75. The topological polar surface area (TPSA) is 65.7 Å². The third-order valence-electron chi connectivity index (χ3n) is 11.1. The van der Waals surface area contributed by atoms with Gasteiger partial charge in [-0.3, -0.25) is 0 Å². The fourth-order valence-corrected chi connectivity index (χ4v) is 8.56. The first kappa shape index (κ1) is 27.5. The standard InChI is InChI=1S/C48H24O5/c1-3-7-38-29(5-1)30-13-14-32-35-22-26(12-19-43(35)53-48(32)47(30)52-38)28-10-17-41-37(24-28)36-23-27(9-16-40(36)49-41)25-11-18-42-34(21-25)31-15-20-44-45(46(31)51-42)33-6-2-4-8-39(33)50-44/h1-24H. The summed E-state index contributed by atoms with van der Waals surface area (Å²) >= 11 is 0. The molecule has 0 radical (unpaired) electrons. The first-order chi connectivity index (χ1) is 26.2. The Morgan fingerprint density at radius 2 is 0.585 bits per heavy atom. The Labute approximate surface area is 298 Å². The number of fused-ring (bicyclic) bond motifs is 17. The molecule has 53 heavy (non-hydrogen) atoms. The summed E-state index contributed by atoms with van der Waals surface area (Å²) in [6.45, 7) is 0. The van der Waals surface area contributed by atoms with Crippen LogP contribution in [0.25, 0.3) is 132 Å². The van der Waals surface area contributed by atoms with Crippen molar-refractivity contribution in [3.8, 4) is 22.3 Å². The summed E-state index contributed by atoms with van der Waals surface area (Å²) in [4.78, 5) is 0. The van der Waals surface area contributed by atoms with E-state index in [9.17, 15) is 0 Å². The molecule has 5 aromatic heterocycles. The smallest absolute Gasteiger partial charge is 0.178 e. The van der Waals surface area contributed by atoms with E-state index in [-0.39, 0.29) is 0 Å². The van der Waals surface area contributed by atoms with Gasteiger partial charge in [-0.15, -0.1) is 0 Å². The Kier molecular flexibility index (Phi) is 5.06. The zero-order valence-electron chi connectivity index (χ0n) is 27.9. The molecule has 0 saturated heterocycles. The van der Waals surface area contributed by atoms with Crippen LogP contribution in [0.4, 0.5) is 0 Å². The number of benzene rings is 8. The first-order valence-corrected chi connectivity index (χ1v) is 17.7.